The van der Waals surface area contributed by atoms with Crippen LogP contribution in [0.25, 0.3) is 11.4 Å². The van der Waals surface area contributed by atoms with Gasteiger partial charge in [-0.15, -0.1) is 0 Å². The molecule has 2 heterocycles. The van der Waals surface area contributed by atoms with Crippen LogP contribution in [0.2, 0.25) is 0 Å². The van der Waals surface area contributed by atoms with Gasteiger partial charge in [0.15, 0.2) is 5.82 Å². The number of carboxylic acid groups (broad SMARTS) is 1. The molecule has 3 atom stereocenters. The van der Waals surface area contributed by atoms with E-state index >= 15 is 0 Å². The second-order valence-corrected chi connectivity index (χ2v) is 7.24. The molecule has 1 aromatic heterocycles. The number of carboxylic acids is 1. The Morgan fingerprint density at radius 1 is 1.19 bits per heavy atom. The minimum atomic E-state index is -0.902. The molecular formula is C19H22N4O3. The number of carbonyl (C=O) groups excluding carboxylic acids is 1. The maximum absolute atomic E-state index is 13.1. The van der Waals surface area contributed by atoms with Crippen LogP contribution >= 0.6 is 0 Å². The van der Waals surface area contributed by atoms with Crippen molar-refractivity contribution in [3.05, 3.63) is 35.7 Å². The van der Waals surface area contributed by atoms with Gasteiger partial charge in [-0.3, -0.25) is 9.89 Å². The molecule has 2 fully saturated rings. The first-order chi connectivity index (χ1) is 12.5. The monoisotopic (exact) mass is 354 g/mol. The number of aryl methyl sites for hydroxylation is 1. The lowest BCUT2D eigenvalue weighted by Crippen LogP contribution is -2.46. The first-order valence-electron chi connectivity index (χ1n) is 9.09. The molecule has 136 valence electrons. The van der Waals surface area contributed by atoms with Gasteiger partial charge in [-0.1, -0.05) is 25.0 Å². The quantitative estimate of drug-likeness (QED) is 0.883. The predicted octanol–water partition coefficient (Wildman–Crippen LogP) is 2.64. The van der Waals surface area contributed by atoms with Gasteiger partial charge >= 0.3 is 5.97 Å². The van der Waals surface area contributed by atoms with E-state index in [1.807, 2.05) is 6.92 Å². The molecule has 1 aromatic carbocycles. The predicted molar refractivity (Wildman–Crippen MR) is 94.5 cm³/mol. The van der Waals surface area contributed by atoms with Gasteiger partial charge in [0.1, 0.15) is 11.9 Å². The number of aromatic nitrogens is 3. The lowest BCUT2D eigenvalue weighted by molar-refractivity contribution is -0.141. The number of hydrogen-bond donors (Lipinski definition) is 2. The number of amides is 1. The molecule has 4 rings (SSSR count). The van der Waals surface area contributed by atoms with Crippen molar-refractivity contribution in [3.63, 3.8) is 0 Å². The van der Waals surface area contributed by atoms with E-state index in [0.29, 0.717) is 23.7 Å². The van der Waals surface area contributed by atoms with Crippen LogP contribution in [0.4, 0.5) is 0 Å². The van der Waals surface area contributed by atoms with Gasteiger partial charge in [0.2, 0.25) is 0 Å². The molecule has 0 spiro atoms. The van der Waals surface area contributed by atoms with Crippen molar-refractivity contribution in [1.82, 2.24) is 20.1 Å². The molecule has 1 aliphatic heterocycles. The number of fused-ring (bicyclic) bond motifs is 1. The number of aromatic amines is 1. The van der Waals surface area contributed by atoms with E-state index in [0.717, 1.165) is 37.1 Å². The Kier molecular flexibility index (Phi) is 4.22. The van der Waals surface area contributed by atoms with Gasteiger partial charge in [-0.25, -0.2) is 9.78 Å². The highest BCUT2D eigenvalue weighted by atomic mass is 16.4. The highest BCUT2D eigenvalue weighted by molar-refractivity contribution is 5.97. The van der Waals surface area contributed by atoms with Crippen LogP contribution in [-0.4, -0.2) is 49.1 Å². The Morgan fingerprint density at radius 2 is 1.92 bits per heavy atom. The topological polar surface area (TPSA) is 99.2 Å². The van der Waals surface area contributed by atoms with Gasteiger partial charge in [0.05, 0.1) is 0 Å². The second kappa shape index (κ2) is 6.55. The molecule has 7 nitrogen and oxygen atoms in total. The van der Waals surface area contributed by atoms with Crippen LogP contribution in [0.3, 0.4) is 0 Å². The molecule has 2 N–H and O–H groups in total. The Labute approximate surface area is 151 Å². The minimum Gasteiger partial charge on any atom is -0.480 e. The Hall–Kier alpha value is -2.70. The minimum absolute atomic E-state index is 0.0488. The van der Waals surface area contributed by atoms with Crippen molar-refractivity contribution in [2.24, 2.45) is 5.92 Å². The summed E-state index contributed by atoms with van der Waals surface area (Å²) >= 11 is 0. The number of benzene rings is 1. The van der Waals surface area contributed by atoms with Crippen LogP contribution in [0, 0.1) is 12.8 Å². The second-order valence-electron chi connectivity index (χ2n) is 7.24. The molecule has 1 saturated heterocycles. The highest BCUT2D eigenvalue weighted by Gasteiger charge is 2.47. The zero-order valence-corrected chi connectivity index (χ0v) is 14.7. The zero-order valence-electron chi connectivity index (χ0n) is 14.7. The number of H-pyrrole nitrogens is 1. The van der Waals surface area contributed by atoms with Gasteiger partial charge < -0.3 is 10.0 Å². The zero-order chi connectivity index (χ0) is 18.3. The van der Waals surface area contributed by atoms with Crippen molar-refractivity contribution in [2.45, 2.75) is 51.1 Å². The molecule has 7 heteroatoms. The summed E-state index contributed by atoms with van der Waals surface area (Å²) in [7, 11) is 0. The van der Waals surface area contributed by atoms with Gasteiger partial charge in [0, 0.05) is 17.2 Å². The largest absolute Gasteiger partial charge is 0.480 e. The summed E-state index contributed by atoms with van der Waals surface area (Å²) in [6.07, 6.45) is 4.66. The molecule has 0 unspecified atom stereocenters. The normalized spacial score (nSPS) is 25.1. The molecular weight excluding hydrogens is 332 g/mol. The van der Waals surface area contributed by atoms with Gasteiger partial charge in [-0.05, 0) is 44.2 Å². The SMILES string of the molecule is Cc1nc(-c2ccc(C(=O)N3[C@@H]4CCCC[C@H]4C[C@H]3C(=O)O)cc2)n[nH]1. The molecule has 0 radical (unpaired) electrons. The van der Waals surface area contributed by atoms with Crippen molar-refractivity contribution < 1.29 is 14.7 Å². The lowest BCUT2D eigenvalue weighted by atomic mass is 9.84. The van der Waals surface area contributed by atoms with Gasteiger partial charge in [0.25, 0.3) is 5.91 Å². The van der Waals surface area contributed by atoms with Crippen LogP contribution < -0.4 is 0 Å². The summed E-state index contributed by atoms with van der Waals surface area (Å²) in [6, 6.07) is 6.41. The average Bonchev–Trinajstić information content (AvgIpc) is 3.25. The van der Waals surface area contributed by atoms with Crippen LogP contribution in [0.1, 0.15) is 48.3 Å². The first kappa shape index (κ1) is 16.8. The Balaban J connectivity index is 1.60. The Morgan fingerprint density at radius 3 is 2.58 bits per heavy atom. The Bertz CT molecular complexity index is 830. The van der Waals surface area contributed by atoms with Gasteiger partial charge in [-0.2, -0.15) is 5.10 Å². The van der Waals surface area contributed by atoms with E-state index in [1.165, 1.54) is 0 Å². The molecule has 1 saturated carbocycles. The summed E-state index contributed by atoms with van der Waals surface area (Å²) in [5, 5.41) is 16.5. The third kappa shape index (κ3) is 2.87. The summed E-state index contributed by atoms with van der Waals surface area (Å²) in [6.45, 7) is 1.83. The fraction of sp³-hybridized carbons (Fsp3) is 0.474. The standard InChI is InChI=1S/C19H22N4O3/c1-11-20-17(22-21-11)12-6-8-13(9-7-12)18(24)23-15-5-3-2-4-14(15)10-16(23)19(25)26/h6-9,14-16H,2-5,10H2,1H3,(H,25,26)(H,20,21,22)/t14-,15+,16-/m0/s1. The first-order valence-corrected chi connectivity index (χ1v) is 9.09. The van der Waals surface area contributed by atoms with E-state index in [2.05, 4.69) is 15.2 Å². The molecule has 0 bridgehead atoms. The van der Waals surface area contributed by atoms with E-state index in [4.69, 9.17) is 0 Å². The van der Waals surface area contributed by atoms with Crippen molar-refractivity contribution in [1.29, 1.82) is 0 Å². The number of likely N-dealkylation sites (tertiary alicyclic amines) is 1. The average molecular weight is 354 g/mol. The summed E-state index contributed by atoms with van der Waals surface area (Å²) in [5.41, 5.74) is 1.33. The molecule has 2 aromatic rings. The third-order valence-corrected chi connectivity index (χ3v) is 5.59. The number of aliphatic carboxylic acids is 1. The smallest absolute Gasteiger partial charge is 0.326 e. The van der Waals surface area contributed by atoms with Crippen LogP contribution in [-0.2, 0) is 4.79 Å². The van der Waals surface area contributed by atoms with E-state index in [1.54, 1.807) is 29.2 Å². The maximum atomic E-state index is 13.1. The lowest BCUT2D eigenvalue weighted by Gasteiger charge is -2.33. The molecule has 1 amide bonds. The molecule has 1 aliphatic carbocycles. The number of rotatable bonds is 3. The summed E-state index contributed by atoms with van der Waals surface area (Å²) in [5.74, 6) is 0.526. The van der Waals surface area contributed by atoms with Crippen LogP contribution in [0.15, 0.2) is 24.3 Å². The number of nitrogens with one attached hydrogen (secondary N) is 1. The van der Waals surface area contributed by atoms with Crippen molar-refractivity contribution in [3.8, 4) is 11.4 Å². The van der Waals surface area contributed by atoms with Crippen LogP contribution in [0.5, 0.6) is 0 Å². The highest BCUT2D eigenvalue weighted by Crippen LogP contribution is 2.40. The third-order valence-electron chi connectivity index (χ3n) is 5.59. The fourth-order valence-corrected chi connectivity index (χ4v) is 4.36. The molecule has 2 aliphatic rings. The number of nitrogens with zero attached hydrogens (tertiary/aromatic N) is 3. The molecule has 26 heavy (non-hydrogen) atoms. The van der Waals surface area contributed by atoms with E-state index in [9.17, 15) is 14.7 Å². The maximum Gasteiger partial charge on any atom is 0.326 e. The fourth-order valence-electron chi connectivity index (χ4n) is 4.36. The summed E-state index contributed by atoms with van der Waals surface area (Å²) in [4.78, 5) is 30.7. The van der Waals surface area contributed by atoms with Crippen molar-refractivity contribution >= 4 is 11.9 Å². The van der Waals surface area contributed by atoms with E-state index in [-0.39, 0.29) is 11.9 Å². The summed E-state index contributed by atoms with van der Waals surface area (Å²) < 4.78 is 0. The van der Waals surface area contributed by atoms with E-state index < -0.39 is 12.0 Å². The number of carbonyl (C=O) groups is 2. The van der Waals surface area contributed by atoms with Crippen molar-refractivity contribution in [2.75, 3.05) is 0 Å². The number of hydrogen-bond acceptors (Lipinski definition) is 4.